The second-order valence-electron chi connectivity index (χ2n) is 8.99. The first kappa shape index (κ1) is 24.2. The Hall–Kier alpha value is -2.40. The topological polar surface area (TPSA) is 115 Å². The van der Waals surface area contributed by atoms with Gasteiger partial charge in [0.2, 0.25) is 0 Å². The molecule has 1 amide bonds. The molecule has 11 heteroatoms. The van der Waals surface area contributed by atoms with Gasteiger partial charge in [-0.2, -0.15) is 4.31 Å². The van der Waals surface area contributed by atoms with Gasteiger partial charge in [-0.15, -0.1) is 0 Å². The minimum absolute atomic E-state index is 0.142. The van der Waals surface area contributed by atoms with Gasteiger partial charge in [0, 0.05) is 26.2 Å². The van der Waals surface area contributed by atoms with Crippen LogP contribution in [0, 0.1) is 5.92 Å². The van der Waals surface area contributed by atoms with Gasteiger partial charge in [0.05, 0.1) is 19.9 Å². The molecule has 2 aliphatic heterocycles. The van der Waals surface area contributed by atoms with Crippen molar-refractivity contribution in [1.29, 1.82) is 0 Å². The zero-order valence-electron chi connectivity index (χ0n) is 19.0. The van der Waals surface area contributed by atoms with Crippen LogP contribution in [0.4, 0.5) is 4.79 Å². The molecule has 1 aromatic rings. The van der Waals surface area contributed by atoms with E-state index < -0.39 is 21.6 Å². The molecule has 2 saturated heterocycles. The standard InChI is InChI=1S/C21H31N3O7S/c1-21(2,3)31-20(26)23-10-6-15(7-11-23)14-30-16-12-17(19(25)29-4)18(22-13-16)32(27,28)24-8-5-9-24/h12-13,15H,5-11,14H2,1-4H3. The van der Waals surface area contributed by atoms with E-state index >= 15 is 0 Å². The van der Waals surface area contributed by atoms with Crippen molar-refractivity contribution < 1.29 is 32.2 Å². The molecule has 32 heavy (non-hydrogen) atoms. The lowest BCUT2D eigenvalue weighted by molar-refractivity contribution is 0.0164. The van der Waals surface area contributed by atoms with Crippen molar-refractivity contribution in [3.8, 4) is 5.75 Å². The van der Waals surface area contributed by atoms with Crippen molar-refractivity contribution in [2.75, 3.05) is 39.9 Å². The number of carbonyl (C=O) groups excluding carboxylic acids is 2. The monoisotopic (exact) mass is 469 g/mol. The van der Waals surface area contributed by atoms with Crippen LogP contribution in [0.25, 0.3) is 0 Å². The number of sulfonamides is 1. The summed E-state index contributed by atoms with van der Waals surface area (Å²) in [6.07, 6.45) is 3.27. The fourth-order valence-electron chi connectivity index (χ4n) is 3.45. The van der Waals surface area contributed by atoms with Crippen molar-refractivity contribution in [2.45, 2.75) is 50.7 Å². The number of hydrogen-bond donors (Lipinski definition) is 0. The number of esters is 1. The van der Waals surface area contributed by atoms with E-state index in [9.17, 15) is 18.0 Å². The number of hydrogen-bond acceptors (Lipinski definition) is 8. The Bertz CT molecular complexity index is 947. The highest BCUT2D eigenvalue weighted by Gasteiger charge is 2.35. The molecule has 1 aromatic heterocycles. The number of carbonyl (C=O) groups is 2. The van der Waals surface area contributed by atoms with Gasteiger partial charge in [0.15, 0.2) is 5.03 Å². The van der Waals surface area contributed by atoms with Crippen LogP contribution in [0.2, 0.25) is 0 Å². The number of pyridine rings is 1. The average Bonchev–Trinajstić information content (AvgIpc) is 2.69. The van der Waals surface area contributed by atoms with E-state index in [1.54, 1.807) is 4.90 Å². The molecule has 3 rings (SSSR count). The summed E-state index contributed by atoms with van der Waals surface area (Å²) < 4.78 is 42.7. The summed E-state index contributed by atoms with van der Waals surface area (Å²) in [5.74, 6) is -0.282. The maximum atomic E-state index is 12.7. The number of piperidine rings is 1. The van der Waals surface area contributed by atoms with E-state index in [-0.39, 0.29) is 22.6 Å². The molecule has 3 heterocycles. The Morgan fingerprint density at radius 1 is 1.16 bits per heavy atom. The lowest BCUT2D eigenvalue weighted by atomic mass is 9.98. The van der Waals surface area contributed by atoms with Crippen molar-refractivity contribution >= 4 is 22.1 Å². The molecule has 0 N–H and O–H groups in total. The highest BCUT2D eigenvalue weighted by molar-refractivity contribution is 7.89. The fraction of sp³-hybridized carbons (Fsp3) is 0.667. The molecule has 0 spiro atoms. The van der Waals surface area contributed by atoms with Crippen molar-refractivity contribution in [2.24, 2.45) is 5.92 Å². The predicted octanol–water partition coefficient (Wildman–Crippen LogP) is 2.29. The van der Waals surface area contributed by atoms with Crippen LogP contribution < -0.4 is 4.74 Å². The number of ether oxygens (including phenoxy) is 3. The molecule has 0 saturated carbocycles. The van der Waals surface area contributed by atoms with Crippen LogP contribution in [-0.2, 0) is 19.5 Å². The summed E-state index contributed by atoms with van der Waals surface area (Å²) in [7, 11) is -2.66. The number of aromatic nitrogens is 1. The Labute approximate surface area is 188 Å². The Morgan fingerprint density at radius 3 is 2.34 bits per heavy atom. The highest BCUT2D eigenvalue weighted by Crippen LogP contribution is 2.27. The SMILES string of the molecule is COC(=O)c1cc(OCC2CCN(C(=O)OC(C)(C)C)CC2)cnc1S(=O)(=O)N1CCC1. The van der Waals surface area contributed by atoms with Crippen LogP contribution in [0.15, 0.2) is 17.3 Å². The molecule has 0 radical (unpaired) electrons. The highest BCUT2D eigenvalue weighted by atomic mass is 32.2. The number of nitrogens with zero attached hydrogens (tertiary/aromatic N) is 3. The van der Waals surface area contributed by atoms with Gasteiger partial charge < -0.3 is 19.1 Å². The lowest BCUT2D eigenvalue weighted by Crippen LogP contribution is -2.42. The molecule has 0 aliphatic carbocycles. The third kappa shape index (κ3) is 5.69. The summed E-state index contributed by atoms with van der Waals surface area (Å²) in [6.45, 7) is 7.83. The van der Waals surface area contributed by atoms with E-state index in [1.807, 2.05) is 20.8 Å². The van der Waals surface area contributed by atoms with Crippen LogP contribution in [0.3, 0.4) is 0 Å². The van der Waals surface area contributed by atoms with Crippen molar-refractivity contribution in [1.82, 2.24) is 14.2 Å². The maximum Gasteiger partial charge on any atom is 0.410 e. The molecule has 0 bridgehead atoms. The average molecular weight is 470 g/mol. The number of methoxy groups -OCH3 is 1. The number of amides is 1. The molecule has 0 atom stereocenters. The lowest BCUT2D eigenvalue weighted by Gasteiger charge is -2.33. The van der Waals surface area contributed by atoms with Crippen molar-refractivity contribution in [3.05, 3.63) is 17.8 Å². The van der Waals surface area contributed by atoms with Crippen LogP contribution in [0.5, 0.6) is 5.75 Å². The van der Waals surface area contributed by atoms with Gasteiger partial charge in [0.25, 0.3) is 10.0 Å². The first-order chi connectivity index (χ1) is 15.0. The number of rotatable bonds is 6. The molecule has 2 aliphatic rings. The van der Waals surface area contributed by atoms with Crippen LogP contribution in [-0.4, -0.2) is 80.2 Å². The van der Waals surface area contributed by atoms with Gasteiger partial charge in [-0.3, -0.25) is 0 Å². The maximum absolute atomic E-state index is 12.7. The normalized spacial score (nSPS) is 18.1. The summed E-state index contributed by atoms with van der Waals surface area (Å²) >= 11 is 0. The second kappa shape index (κ2) is 9.62. The summed E-state index contributed by atoms with van der Waals surface area (Å²) in [4.78, 5) is 30.1. The van der Waals surface area contributed by atoms with E-state index in [0.717, 1.165) is 19.3 Å². The third-order valence-corrected chi connectivity index (χ3v) is 7.24. The third-order valence-electron chi connectivity index (χ3n) is 5.38. The minimum Gasteiger partial charge on any atom is -0.492 e. The zero-order valence-corrected chi connectivity index (χ0v) is 19.8. The largest absolute Gasteiger partial charge is 0.492 e. The Morgan fingerprint density at radius 2 is 1.81 bits per heavy atom. The van der Waals surface area contributed by atoms with Crippen molar-refractivity contribution in [3.63, 3.8) is 0 Å². The molecule has 178 valence electrons. The second-order valence-corrected chi connectivity index (χ2v) is 10.8. The van der Waals surface area contributed by atoms with Gasteiger partial charge in [-0.05, 0) is 52.0 Å². The minimum atomic E-state index is -3.85. The molecule has 2 fully saturated rings. The van der Waals surface area contributed by atoms with E-state index in [4.69, 9.17) is 14.2 Å². The quantitative estimate of drug-likeness (QED) is 0.583. The van der Waals surface area contributed by atoms with Gasteiger partial charge in [0.1, 0.15) is 16.9 Å². The summed E-state index contributed by atoms with van der Waals surface area (Å²) in [6, 6.07) is 1.36. The first-order valence-electron chi connectivity index (χ1n) is 10.7. The van der Waals surface area contributed by atoms with E-state index in [2.05, 4.69) is 4.98 Å². The number of likely N-dealkylation sites (tertiary alicyclic amines) is 1. The summed E-state index contributed by atoms with van der Waals surface area (Å²) in [5, 5.41) is -0.318. The molecule has 10 nitrogen and oxygen atoms in total. The molecule has 0 aromatic carbocycles. The zero-order chi connectivity index (χ0) is 23.5. The fourth-order valence-corrected chi connectivity index (χ4v) is 5.04. The van der Waals surface area contributed by atoms with Gasteiger partial charge in [-0.1, -0.05) is 0 Å². The first-order valence-corrected chi connectivity index (χ1v) is 12.1. The Kier molecular flexibility index (Phi) is 7.29. The molecular weight excluding hydrogens is 438 g/mol. The Balaban J connectivity index is 1.61. The van der Waals surface area contributed by atoms with Gasteiger partial charge in [-0.25, -0.2) is 23.0 Å². The molecular formula is C21H31N3O7S. The smallest absolute Gasteiger partial charge is 0.410 e. The summed E-state index contributed by atoms with van der Waals surface area (Å²) in [5.41, 5.74) is -0.673. The van der Waals surface area contributed by atoms with E-state index in [0.29, 0.717) is 38.5 Å². The van der Waals surface area contributed by atoms with Gasteiger partial charge >= 0.3 is 12.1 Å². The molecule has 0 unspecified atom stereocenters. The van der Waals surface area contributed by atoms with E-state index in [1.165, 1.54) is 23.7 Å². The predicted molar refractivity (Wildman–Crippen MR) is 115 cm³/mol. The van der Waals surface area contributed by atoms with Crippen LogP contribution in [0.1, 0.15) is 50.4 Å². The van der Waals surface area contributed by atoms with Crippen LogP contribution >= 0.6 is 0 Å².